The van der Waals surface area contributed by atoms with E-state index in [9.17, 15) is 13.2 Å². The van der Waals surface area contributed by atoms with Gasteiger partial charge in [0.2, 0.25) is 10.0 Å². The van der Waals surface area contributed by atoms with Gasteiger partial charge >= 0.3 is 0 Å². The number of carbonyl (C=O) groups excluding carboxylic acids is 1. The normalized spacial score (nSPS) is 16.7. The van der Waals surface area contributed by atoms with Crippen molar-refractivity contribution in [2.45, 2.75) is 18.5 Å². The molecule has 1 aromatic heterocycles. The standard InChI is InChI=1S/C17H22N4O3S2/c1-14(22)15-3-5-16(6-4-15)26(23,24)21-11-8-19(9-12-21)13-20-10-7-18(2)17(20)25/h3-7,10H,8-9,11-13H2,1-2H3/p+1. The Kier molecular flexibility index (Phi) is 5.42. The molecular weight excluding hydrogens is 372 g/mol. The third-order valence-electron chi connectivity index (χ3n) is 4.74. The van der Waals surface area contributed by atoms with E-state index < -0.39 is 10.0 Å². The molecule has 9 heteroatoms. The summed E-state index contributed by atoms with van der Waals surface area (Å²) in [4.78, 5) is 12.9. The minimum absolute atomic E-state index is 0.0781. The maximum Gasteiger partial charge on any atom is 0.243 e. The fourth-order valence-corrected chi connectivity index (χ4v) is 4.71. The van der Waals surface area contributed by atoms with Crippen LogP contribution in [-0.2, 0) is 23.7 Å². The molecule has 0 aliphatic carbocycles. The van der Waals surface area contributed by atoms with Crippen molar-refractivity contribution < 1.29 is 18.1 Å². The van der Waals surface area contributed by atoms with Crippen LogP contribution in [-0.4, -0.2) is 53.8 Å². The maximum atomic E-state index is 12.8. The van der Waals surface area contributed by atoms with Crippen molar-refractivity contribution >= 4 is 28.0 Å². The number of aryl methyl sites for hydroxylation is 1. The molecule has 3 rings (SSSR count). The second-order valence-electron chi connectivity index (χ2n) is 6.55. The summed E-state index contributed by atoms with van der Waals surface area (Å²) in [5.41, 5.74) is 0.512. The van der Waals surface area contributed by atoms with Crippen LogP contribution in [0.4, 0.5) is 0 Å². The van der Waals surface area contributed by atoms with Gasteiger partial charge in [0.15, 0.2) is 17.2 Å². The lowest BCUT2D eigenvalue weighted by Crippen LogP contribution is -3.14. The first-order chi connectivity index (χ1) is 12.3. The number of piperazine rings is 1. The van der Waals surface area contributed by atoms with E-state index >= 15 is 0 Å². The molecule has 1 N–H and O–H groups in total. The highest BCUT2D eigenvalue weighted by Gasteiger charge is 2.30. The largest absolute Gasteiger partial charge is 0.327 e. The first-order valence-corrected chi connectivity index (χ1v) is 10.3. The Morgan fingerprint density at radius 1 is 1.15 bits per heavy atom. The first kappa shape index (κ1) is 19.0. The van der Waals surface area contributed by atoms with Crippen LogP contribution in [0.1, 0.15) is 17.3 Å². The van der Waals surface area contributed by atoms with Crippen molar-refractivity contribution in [3.8, 4) is 0 Å². The molecule has 0 spiro atoms. The monoisotopic (exact) mass is 395 g/mol. The number of aromatic nitrogens is 2. The van der Waals surface area contributed by atoms with Crippen LogP contribution in [0.5, 0.6) is 0 Å². The number of Topliss-reactive ketones (excluding diaryl/α,β-unsaturated/α-hetero) is 1. The molecule has 0 amide bonds. The van der Waals surface area contributed by atoms with E-state index in [1.165, 1.54) is 28.3 Å². The van der Waals surface area contributed by atoms with Gasteiger partial charge in [-0.1, -0.05) is 12.1 Å². The highest BCUT2D eigenvalue weighted by atomic mass is 32.2. The summed E-state index contributed by atoms with van der Waals surface area (Å²) >= 11 is 5.35. The van der Waals surface area contributed by atoms with Crippen molar-refractivity contribution in [1.82, 2.24) is 13.4 Å². The fraction of sp³-hybridized carbons (Fsp3) is 0.412. The molecule has 7 nitrogen and oxygen atoms in total. The number of hydrogen-bond donors (Lipinski definition) is 1. The van der Waals surface area contributed by atoms with Gasteiger partial charge in [-0.25, -0.2) is 8.42 Å². The Hall–Kier alpha value is -1.81. The SMILES string of the molecule is CC(=O)c1ccc(S(=O)(=O)N2CC[NH+](Cn3ccn(C)c3=S)CC2)cc1. The summed E-state index contributed by atoms with van der Waals surface area (Å²) in [6.45, 7) is 4.58. The van der Waals surface area contributed by atoms with E-state index in [0.29, 0.717) is 18.7 Å². The molecule has 0 atom stereocenters. The Morgan fingerprint density at radius 3 is 2.27 bits per heavy atom. The maximum absolute atomic E-state index is 12.8. The molecule has 0 radical (unpaired) electrons. The molecule has 2 heterocycles. The minimum atomic E-state index is -3.53. The van der Waals surface area contributed by atoms with E-state index in [4.69, 9.17) is 12.2 Å². The van der Waals surface area contributed by atoms with E-state index in [1.807, 2.05) is 28.6 Å². The number of quaternary nitrogens is 1. The second-order valence-corrected chi connectivity index (χ2v) is 8.86. The lowest BCUT2D eigenvalue weighted by atomic mass is 10.2. The number of sulfonamides is 1. The number of benzene rings is 1. The lowest BCUT2D eigenvalue weighted by Gasteiger charge is -2.31. The first-order valence-electron chi connectivity index (χ1n) is 8.45. The third-order valence-corrected chi connectivity index (χ3v) is 7.18. The van der Waals surface area contributed by atoms with Crippen LogP contribution in [0.2, 0.25) is 0 Å². The summed E-state index contributed by atoms with van der Waals surface area (Å²) < 4.78 is 31.8. The fourth-order valence-electron chi connectivity index (χ4n) is 3.08. The molecule has 2 aromatic rings. The predicted molar refractivity (Wildman–Crippen MR) is 100 cm³/mol. The zero-order chi connectivity index (χ0) is 18.9. The third kappa shape index (κ3) is 3.80. The van der Waals surface area contributed by atoms with Crippen molar-refractivity contribution in [3.63, 3.8) is 0 Å². The van der Waals surface area contributed by atoms with Gasteiger partial charge in [-0.3, -0.25) is 9.36 Å². The Morgan fingerprint density at radius 2 is 1.77 bits per heavy atom. The summed E-state index contributed by atoms with van der Waals surface area (Å²) in [5, 5.41) is 0. The van der Waals surface area contributed by atoms with Gasteiger partial charge in [-0.05, 0) is 31.3 Å². The Labute approximate surface area is 158 Å². The zero-order valence-electron chi connectivity index (χ0n) is 14.9. The van der Waals surface area contributed by atoms with E-state index in [1.54, 1.807) is 12.1 Å². The lowest BCUT2D eigenvalue weighted by molar-refractivity contribution is -0.926. The number of nitrogens with zero attached hydrogens (tertiary/aromatic N) is 3. The highest BCUT2D eigenvalue weighted by molar-refractivity contribution is 7.89. The molecular formula is C17H23N4O3S2+. The smallest absolute Gasteiger partial charge is 0.243 e. The number of hydrogen-bond acceptors (Lipinski definition) is 4. The average molecular weight is 396 g/mol. The number of nitrogens with one attached hydrogen (secondary N) is 1. The van der Waals surface area contributed by atoms with Crippen molar-refractivity contribution in [1.29, 1.82) is 0 Å². The summed E-state index contributed by atoms with van der Waals surface area (Å²) in [6.07, 6.45) is 3.88. The molecule has 1 saturated heterocycles. The molecule has 26 heavy (non-hydrogen) atoms. The van der Waals surface area contributed by atoms with Crippen molar-refractivity contribution in [2.75, 3.05) is 26.2 Å². The number of carbonyl (C=O) groups is 1. The van der Waals surface area contributed by atoms with Gasteiger partial charge in [0.1, 0.15) is 0 Å². The van der Waals surface area contributed by atoms with Gasteiger partial charge < -0.3 is 9.47 Å². The number of rotatable bonds is 5. The van der Waals surface area contributed by atoms with Crippen LogP contribution in [0.25, 0.3) is 0 Å². The molecule has 1 aliphatic rings. The summed E-state index contributed by atoms with van der Waals surface area (Å²) in [7, 11) is -1.61. The number of ketones is 1. The van der Waals surface area contributed by atoms with Gasteiger partial charge in [-0.2, -0.15) is 4.31 Å². The van der Waals surface area contributed by atoms with E-state index in [2.05, 4.69) is 0 Å². The zero-order valence-corrected chi connectivity index (χ0v) is 16.5. The van der Waals surface area contributed by atoms with Gasteiger partial charge in [-0.15, -0.1) is 0 Å². The van der Waals surface area contributed by atoms with Crippen molar-refractivity contribution in [2.24, 2.45) is 7.05 Å². The van der Waals surface area contributed by atoms with Crippen molar-refractivity contribution in [3.05, 3.63) is 47.0 Å². The quantitative estimate of drug-likeness (QED) is 0.584. The minimum Gasteiger partial charge on any atom is -0.327 e. The second kappa shape index (κ2) is 7.43. The predicted octanol–water partition coefficient (Wildman–Crippen LogP) is 0.306. The summed E-state index contributed by atoms with van der Waals surface area (Å²) in [5.74, 6) is -0.0781. The summed E-state index contributed by atoms with van der Waals surface area (Å²) in [6, 6.07) is 6.14. The topological polar surface area (TPSA) is 68.8 Å². The van der Waals surface area contributed by atoms with Gasteiger partial charge in [0.25, 0.3) is 0 Å². The molecule has 1 fully saturated rings. The molecule has 0 saturated carbocycles. The van der Waals surface area contributed by atoms with Crippen LogP contribution < -0.4 is 4.90 Å². The van der Waals surface area contributed by atoms with Crippen LogP contribution >= 0.6 is 12.2 Å². The van der Waals surface area contributed by atoms with Crippen LogP contribution in [0, 0.1) is 4.77 Å². The van der Waals surface area contributed by atoms with E-state index in [-0.39, 0.29) is 10.7 Å². The molecule has 1 aromatic carbocycles. The molecule has 0 unspecified atom stereocenters. The Balaban J connectivity index is 1.65. The van der Waals surface area contributed by atoms with Crippen LogP contribution in [0.15, 0.2) is 41.6 Å². The Bertz CT molecular complexity index is 953. The highest BCUT2D eigenvalue weighted by Crippen LogP contribution is 2.16. The van der Waals surface area contributed by atoms with E-state index in [0.717, 1.165) is 24.5 Å². The molecule has 1 aliphatic heterocycles. The van der Waals surface area contributed by atoms with Gasteiger partial charge in [0, 0.05) is 25.0 Å². The average Bonchev–Trinajstić information content (AvgIpc) is 2.94. The molecule has 0 bridgehead atoms. The van der Waals surface area contributed by atoms with Crippen LogP contribution in [0.3, 0.4) is 0 Å². The molecule has 140 valence electrons. The van der Waals surface area contributed by atoms with Gasteiger partial charge in [0.05, 0.1) is 31.1 Å². The number of imidazole rings is 1.